The van der Waals surface area contributed by atoms with Gasteiger partial charge in [-0.05, 0) is 47.9 Å². The third kappa shape index (κ3) is 4.63. The highest BCUT2D eigenvalue weighted by Gasteiger charge is 2.44. The molecule has 1 N–H and O–H groups in total. The third-order valence-electron chi connectivity index (χ3n) is 4.09. The van der Waals surface area contributed by atoms with Crippen LogP contribution in [0.3, 0.4) is 0 Å². The molecule has 0 aliphatic heterocycles. The average Bonchev–Trinajstić information content (AvgIpc) is 3.22. The zero-order valence-electron chi connectivity index (χ0n) is 12.8. The van der Waals surface area contributed by atoms with E-state index in [1.165, 1.54) is 0 Å². The van der Waals surface area contributed by atoms with Crippen molar-refractivity contribution in [3.63, 3.8) is 0 Å². The van der Waals surface area contributed by atoms with Gasteiger partial charge in [-0.2, -0.15) is 5.26 Å². The lowest BCUT2D eigenvalue weighted by atomic mass is 9.88. The maximum Gasteiger partial charge on any atom is 0.223 e. The number of nitrogens with one attached hydrogen (secondary N) is 1. The van der Waals surface area contributed by atoms with Crippen molar-refractivity contribution in [1.29, 1.82) is 5.26 Å². The van der Waals surface area contributed by atoms with Crippen LogP contribution in [0, 0.1) is 22.7 Å². The second-order valence-corrected chi connectivity index (χ2v) is 7.56. The molecule has 1 fully saturated rings. The van der Waals surface area contributed by atoms with E-state index in [1.807, 2.05) is 12.1 Å². The summed E-state index contributed by atoms with van der Waals surface area (Å²) in [6.07, 6.45) is 2.12. The van der Waals surface area contributed by atoms with Crippen molar-refractivity contribution in [1.82, 2.24) is 5.32 Å². The Labute approximate surface area is 141 Å². The minimum atomic E-state index is -0.0604. The van der Waals surface area contributed by atoms with E-state index in [4.69, 9.17) is 28.5 Å². The highest BCUT2D eigenvalue weighted by atomic mass is 35.5. The fourth-order valence-electron chi connectivity index (χ4n) is 2.58. The first-order valence-electron chi connectivity index (χ1n) is 7.43. The predicted molar refractivity (Wildman–Crippen MR) is 88.9 cm³/mol. The van der Waals surface area contributed by atoms with E-state index in [9.17, 15) is 4.79 Å². The summed E-state index contributed by atoms with van der Waals surface area (Å²) in [6.45, 7) is 4.71. The van der Waals surface area contributed by atoms with E-state index in [0.29, 0.717) is 23.0 Å². The van der Waals surface area contributed by atoms with E-state index < -0.39 is 0 Å². The number of carbonyl (C=O) groups is 1. The van der Waals surface area contributed by atoms with Gasteiger partial charge in [0, 0.05) is 28.9 Å². The molecule has 0 heterocycles. The standard InChI is InChI=1S/C17H20Cl2N2O/c1-17(2,4-3-5-20)10-21-16(22)15-9-14(15)11-6-12(18)8-13(19)7-11/h6-8,14-15H,3-4,9-10H2,1-2H3,(H,21,22). The van der Waals surface area contributed by atoms with Gasteiger partial charge >= 0.3 is 0 Å². The van der Waals surface area contributed by atoms with Gasteiger partial charge in [-0.15, -0.1) is 0 Å². The fourth-order valence-corrected chi connectivity index (χ4v) is 3.13. The highest BCUT2D eigenvalue weighted by Crippen LogP contribution is 2.48. The van der Waals surface area contributed by atoms with Crippen LogP contribution in [-0.2, 0) is 4.79 Å². The van der Waals surface area contributed by atoms with E-state index in [1.54, 1.807) is 6.07 Å². The number of hydrogen-bond acceptors (Lipinski definition) is 2. The average molecular weight is 339 g/mol. The van der Waals surface area contributed by atoms with Crippen molar-refractivity contribution in [3.8, 4) is 6.07 Å². The maximum absolute atomic E-state index is 12.2. The van der Waals surface area contributed by atoms with Crippen LogP contribution < -0.4 is 5.32 Å². The smallest absolute Gasteiger partial charge is 0.223 e. The zero-order valence-corrected chi connectivity index (χ0v) is 14.3. The minimum absolute atomic E-state index is 0.00120. The summed E-state index contributed by atoms with van der Waals surface area (Å²) < 4.78 is 0. The molecule has 2 atom stereocenters. The number of rotatable bonds is 6. The predicted octanol–water partition coefficient (Wildman–Crippen LogP) is 4.54. The fraction of sp³-hybridized carbons (Fsp3) is 0.529. The second kappa shape index (κ2) is 6.89. The number of amides is 1. The Kier molecular flexibility index (Phi) is 5.36. The summed E-state index contributed by atoms with van der Waals surface area (Å²) in [5.74, 6) is 0.283. The van der Waals surface area contributed by atoms with Crippen molar-refractivity contribution in [2.24, 2.45) is 11.3 Å². The molecule has 1 aromatic carbocycles. The second-order valence-electron chi connectivity index (χ2n) is 6.69. The van der Waals surface area contributed by atoms with Gasteiger partial charge < -0.3 is 5.32 Å². The third-order valence-corrected chi connectivity index (χ3v) is 4.53. The van der Waals surface area contributed by atoms with Crippen LogP contribution in [0.1, 0.15) is 44.6 Å². The summed E-state index contributed by atoms with van der Waals surface area (Å²) in [6, 6.07) is 7.60. The topological polar surface area (TPSA) is 52.9 Å². The molecule has 0 bridgehead atoms. The molecule has 22 heavy (non-hydrogen) atoms. The van der Waals surface area contributed by atoms with Gasteiger partial charge in [-0.1, -0.05) is 37.0 Å². The van der Waals surface area contributed by atoms with Crippen LogP contribution in [0.2, 0.25) is 10.0 Å². The highest BCUT2D eigenvalue weighted by molar-refractivity contribution is 6.34. The molecule has 0 aromatic heterocycles. The molecule has 3 nitrogen and oxygen atoms in total. The molecule has 118 valence electrons. The van der Waals surface area contributed by atoms with Crippen molar-refractivity contribution < 1.29 is 4.79 Å². The Morgan fingerprint density at radius 3 is 2.59 bits per heavy atom. The number of benzene rings is 1. The van der Waals surface area contributed by atoms with E-state index in [2.05, 4.69) is 25.2 Å². The van der Waals surface area contributed by atoms with E-state index >= 15 is 0 Å². The molecule has 5 heteroatoms. The Morgan fingerprint density at radius 1 is 1.36 bits per heavy atom. The van der Waals surface area contributed by atoms with Crippen LogP contribution in [0.5, 0.6) is 0 Å². The van der Waals surface area contributed by atoms with Crippen molar-refractivity contribution in [2.75, 3.05) is 6.54 Å². The van der Waals surface area contributed by atoms with Crippen molar-refractivity contribution >= 4 is 29.1 Å². The number of carbonyl (C=O) groups excluding carboxylic acids is 1. The Balaban J connectivity index is 1.87. The molecule has 1 aliphatic rings. The number of nitriles is 1. The van der Waals surface area contributed by atoms with Gasteiger partial charge in [0.2, 0.25) is 5.91 Å². The van der Waals surface area contributed by atoms with Crippen LogP contribution in [0.4, 0.5) is 0 Å². The molecule has 0 spiro atoms. The molecule has 1 aliphatic carbocycles. The first-order valence-corrected chi connectivity index (χ1v) is 8.19. The van der Waals surface area contributed by atoms with Gasteiger partial charge in [0.15, 0.2) is 0 Å². The lowest BCUT2D eigenvalue weighted by molar-refractivity contribution is -0.122. The summed E-state index contributed by atoms with van der Waals surface area (Å²) >= 11 is 12.0. The van der Waals surface area contributed by atoms with Crippen LogP contribution in [-0.4, -0.2) is 12.5 Å². The molecule has 0 saturated heterocycles. The minimum Gasteiger partial charge on any atom is -0.355 e. The summed E-state index contributed by atoms with van der Waals surface area (Å²) in [7, 11) is 0. The summed E-state index contributed by atoms with van der Waals surface area (Å²) in [5, 5.41) is 12.9. The monoisotopic (exact) mass is 338 g/mol. The Hall–Kier alpha value is -1.24. The molecule has 2 unspecified atom stereocenters. The van der Waals surface area contributed by atoms with Crippen LogP contribution in [0.25, 0.3) is 0 Å². The molecule has 1 saturated carbocycles. The number of halogens is 2. The van der Waals surface area contributed by atoms with Crippen molar-refractivity contribution in [3.05, 3.63) is 33.8 Å². The van der Waals surface area contributed by atoms with E-state index in [0.717, 1.165) is 18.4 Å². The van der Waals surface area contributed by atoms with Crippen LogP contribution in [0.15, 0.2) is 18.2 Å². The molecule has 1 aromatic rings. The van der Waals surface area contributed by atoms with E-state index in [-0.39, 0.29) is 23.2 Å². The van der Waals surface area contributed by atoms with Gasteiger partial charge in [-0.3, -0.25) is 4.79 Å². The molecule has 1 amide bonds. The normalized spacial score (nSPS) is 20.3. The van der Waals surface area contributed by atoms with Gasteiger partial charge in [-0.25, -0.2) is 0 Å². The number of hydrogen-bond donors (Lipinski definition) is 1. The summed E-state index contributed by atoms with van der Waals surface area (Å²) in [4.78, 5) is 12.2. The van der Waals surface area contributed by atoms with Gasteiger partial charge in [0.1, 0.15) is 0 Å². The molecular weight excluding hydrogens is 319 g/mol. The SMILES string of the molecule is CC(C)(CCC#N)CNC(=O)C1CC1c1cc(Cl)cc(Cl)c1. The van der Waals surface area contributed by atoms with Crippen LogP contribution >= 0.6 is 23.2 Å². The lowest BCUT2D eigenvalue weighted by Crippen LogP contribution is -2.35. The maximum atomic E-state index is 12.2. The van der Waals surface area contributed by atoms with Crippen molar-refractivity contribution in [2.45, 2.75) is 39.0 Å². The first kappa shape index (κ1) is 17.1. The first-order chi connectivity index (χ1) is 10.3. The lowest BCUT2D eigenvalue weighted by Gasteiger charge is -2.23. The Bertz CT molecular complexity index is 587. The summed E-state index contributed by atoms with van der Waals surface area (Å²) in [5.41, 5.74) is 0.969. The largest absolute Gasteiger partial charge is 0.355 e. The zero-order chi connectivity index (χ0) is 16.3. The molecular formula is C17H20Cl2N2O. The molecule has 0 radical (unpaired) electrons. The quantitative estimate of drug-likeness (QED) is 0.827. The van der Waals surface area contributed by atoms with Gasteiger partial charge in [0.05, 0.1) is 6.07 Å². The van der Waals surface area contributed by atoms with Gasteiger partial charge in [0.25, 0.3) is 0 Å². The molecule has 2 rings (SSSR count). The number of nitrogens with zero attached hydrogens (tertiary/aromatic N) is 1. The Morgan fingerprint density at radius 2 is 2.00 bits per heavy atom.